The van der Waals surface area contributed by atoms with Gasteiger partial charge in [0.15, 0.2) is 11.4 Å². The zero-order valence-corrected chi connectivity index (χ0v) is 11.7. The van der Waals surface area contributed by atoms with Crippen LogP contribution in [0.3, 0.4) is 0 Å². The van der Waals surface area contributed by atoms with Gasteiger partial charge in [0.05, 0.1) is 12.8 Å². The average Bonchev–Trinajstić information content (AvgIpc) is 2.86. The molecule has 2 aromatic heterocycles. The molecule has 0 saturated carbocycles. The Labute approximate surface area is 117 Å². The van der Waals surface area contributed by atoms with Crippen molar-refractivity contribution in [2.24, 2.45) is 0 Å². The molecule has 1 N–H and O–H groups in total. The highest BCUT2D eigenvalue weighted by Crippen LogP contribution is 2.33. The first kappa shape index (κ1) is 12.5. The number of hydrogen-bond acceptors (Lipinski definition) is 3. The predicted molar refractivity (Wildman–Crippen MR) is 78.3 cm³/mol. The van der Waals surface area contributed by atoms with Crippen LogP contribution in [-0.2, 0) is 0 Å². The van der Waals surface area contributed by atoms with Gasteiger partial charge in [-0.15, -0.1) is 0 Å². The van der Waals surface area contributed by atoms with E-state index in [4.69, 9.17) is 4.74 Å². The summed E-state index contributed by atoms with van der Waals surface area (Å²) >= 11 is 0. The standard InChI is InChI=1S/C16H16N2O2/c1-10-7-12(15(20-3)8-11(10)2)13-9-18-6-4-5-14(19)16(18)17-13/h4-9,19H,1-3H3. The molecule has 0 unspecified atom stereocenters. The van der Waals surface area contributed by atoms with Gasteiger partial charge in [0.1, 0.15) is 5.75 Å². The number of nitrogens with zero attached hydrogens (tertiary/aromatic N) is 2. The molecule has 20 heavy (non-hydrogen) atoms. The van der Waals surface area contributed by atoms with Crippen molar-refractivity contribution in [1.29, 1.82) is 0 Å². The summed E-state index contributed by atoms with van der Waals surface area (Å²) in [5, 5.41) is 9.84. The molecule has 4 heteroatoms. The van der Waals surface area contributed by atoms with E-state index in [-0.39, 0.29) is 5.75 Å². The molecule has 3 rings (SSSR count). The van der Waals surface area contributed by atoms with Gasteiger partial charge in [-0.2, -0.15) is 0 Å². The fourth-order valence-corrected chi connectivity index (χ4v) is 2.29. The first-order valence-corrected chi connectivity index (χ1v) is 6.42. The van der Waals surface area contributed by atoms with Crippen LogP contribution in [0.5, 0.6) is 11.5 Å². The van der Waals surface area contributed by atoms with Crippen LogP contribution in [0.1, 0.15) is 11.1 Å². The Kier molecular flexibility index (Phi) is 2.86. The Hall–Kier alpha value is -2.49. The lowest BCUT2D eigenvalue weighted by molar-refractivity contribution is 0.416. The van der Waals surface area contributed by atoms with Crippen molar-refractivity contribution in [3.63, 3.8) is 0 Å². The summed E-state index contributed by atoms with van der Waals surface area (Å²) in [5.41, 5.74) is 4.62. The number of aromatic hydroxyl groups is 1. The van der Waals surface area contributed by atoms with Crippen molar-refractivity contribution in [2.45, 2.75) is 13.8 Å². The lowest BCUT2D eigenvalue weighted by atomic mass is 10.0. The molecule has 0 bridgehead atoms. The third-order valence-electron chi connectivity index (χ3n) is 3.55. The fourth-order valence-electron chi connectivity index (χ4n) is 2.29. The molecule has 0 aliphatic heterocycles. The Balaban J connectivity index is 2.25. The van der Waals surface area contributed by atoms with Crippen molar-refractivity contribution in [3.8, 4) is 22.8 Å². The molecule has 0 aliphatic rings. The zero-order chi connectivity index (χ0) is 14.3. The van der Waals surface area contributed by atoms with Gasteiger partial charge in [0, 0.05) is 18.0 Å². The highest BCUT2D eigenvalue weighted by Gasteiger charge is 2.13. The smallest absolute Gasteiger partial charge is 0.180 e. The minimum absolute atomic E-state index is 0.168. The highest BCUT2D eigenvalue weighted by molar-refractivity contribution is 5.72. The van der Waals surface area contributed by atoms with E-state index < -0.39 is 0 Å². The minimum atomic E-state index is 0.168. The largest absolute Gasteiger partial charge is 0.504 e. The number of aromatic nitrogens is 2. The molecule has 0 aliphatic carbocycles. The normalized spacial score (nSPS) is 10.9. The van der Waals surface area contributed by atoms with E-state index in [0.717, 1.165) is 17.0 Å². The van der Waals surface area contributed by atoms with E-state index in [9.17, 15) is 5.11 Å². The molecular weight excluding hydrogens is 252 g/mol. The first-order chi connectivity index (χ1) is 9.60. The Morgan fingerprint density at radius 3 is 2.65 bits per heavy atom. The number of benzene rings is 1. The molecule has 0 radical (unpaired) electrons. The second-order valence-corrected chi connectivity index (χ2v) is 4.89. The van der Waals surface area contributed by atoms with Crippen LogP contribution in [0.2, 0.25) is 0 Å². The van der Waals surface area contributed by atoms with E-state index in [1.54, 1.807) is 23.6 Å². The molecule has 1 aromatic carbocycles. The van der Waals surface area contributed by atoms with Gasteiger partial charge in [-0.25, -0.2) is 4.98 Å². The Morgan fingerprint density at radius 1 is 1.20 bits per heavy atom. The number of pyridine rings is 1. The summed E-state index contributed by atoms with van der Waals surface area (Å²) in [5.74, 6) is 0.956. The average molecular weight is 268 g/mol. The van der Waals surface area contributed by atoms with E-state index >= 15 is 0 Å². The molecule has 3 aromatic rings. The summed E-state index contributed by atoms with van der Waals surface area (Å²) in [6, 6.07) is 7.48. The maximum atomic E-state index is 9.84. The van der Waals surface area contributed by atoms with Crippen molar-refractivity contribution in [3.05, 3.63) is 47.8 Å². The molecule has 2 heterocycles. The predicted octanol–water partition coefficient (Wildman–Crippen LogP) is 3.33. The van der Waals surface area contributed by atoms with Gasteiger partial charge >= 0.3 is 0 Å². The summed E-state index contributed by atoms with van der Waals surface area (Å²) < 4.78 is 7.25. The van der Waals surface area contributed by atoms with Gasteiger partial charge < -0.3 is 14.2 Å². The topological polar surface area (TPSA) is 46.8 Å². The molecule has 0 atom stereocenters. The Bertz CT molecular complexity index is 791. The van der Waals surface area contributed by atoms with E-state index in [1.807, 2.05) is 18.5 Å². The monoisotopic (exact) mass is 268 g/mol. The zero-order valence-electron chi connectivity index (χ0n) is 11.7. The number of imidazole rings is 1. The molecule has 0 spiro atoms. The maximum absolute atomic E-state index is 9.84. The molecule has 4 nitrogen and oxygen atoms in total. The van der Waals surface area contributed by atoms with Crippen molar-refractivity contribution in [2.75, 3.05) is 7.11 Å². The number of aryl methyl sites for hydroxylation is 2. The van der Waals surface area contributed by atoms with Gasteiger partial charge in [0.2, 0.25) is 0 Å². The number of hydrogen-bond donors (Lipinski definition) is 1. The third kappa shape index (κ3) is 1.90. The van der Waals surface area contributed by atoms with E-state index in [1.165, 1.54) is 11.1 Å². The van der Waals surface area contributed by atoms with Crippen LogP contribution in [0.25, 0.3) is 16.9 Å². The number of fused-ring (bicyclic) bond motifs is 1. The van der Waals surface area contributed by atoms with Crippen molar-refractivity contribution < 1.29 is 9.84 Å². The van der Waals surface area contributed by atoms with Crippen LogP contribution in [0.15, 0.2) is 36.7 Å². The minimum Gasteiger partial charge on any atom is -0.504 e. The molecule has 0 saturated heterocycles. The molecule has 0 fully saturated rings. The summed E-state index contributed by atoms with van der Waals surface area (Å²) in [4.78, 5) is 4.49. The summed E-state index contributed by atoms with van der Waals surface area (Å²) in [7, 11) is 1.65. The van der Waals surface area contributed by atoms with Gasteiger partial charge in [-0.1, -0.05) is 0 Å². The molecule has 102 valence electrons. The molecule has 0 amide bonds. The number of rotatable bonds is 2. The van der Waals surface area contributed by atoms with Crippen LogP contribution in [-0.4, -0.2) is 21.6 Å². The van der Waals surface area contributed by atoms with Gasteiger partial charge in [0.25, 0.3) is 0 Å². The summed E-state index contributed by atoms with van der Waals surface area (Å²) in [6.45, 7) is 4.11. The molecular formula is C16H16N2O2. The van der Waals surface area contributed by atoms with Crippen molar-refractivity contribution >= 4 is 5.65 Å². The van der Waals surface area contributed by atoms with Crippen molar-refractivity contribution in [1.82, 2.24) is 9.38 Å². The first-order valence-electron chi connectivity index (χ1n) is 6.42. The summed E-state index contributed by atoms with van der Waals surface area (Å²) in [6.07, 6.45) is 3.75. The lowest BCUT2D eigenvalue weighted by Gasteiger charge is -2.09. The number of ether oxygens (including phenoxy) is 1. The third-order valence-corrected chi connectivity index (χ3v) is 3.55. The van der Waals surface area contributed by atoms with Crippen LogP contribution >= 0.6 is 0 Å². The second-order valence-electron chi connectivity index (χ2n) is 4.89. The second kappa shape index (κ2) is 4.56. The van der Waals surface area contributed by atoms with E-state index in [0.29, 0.717) is 5.65 Å². The van der Waals surface area contributed by atoms with Crippen LogP contribution < -0.4 is 4.74 Å². The van der Waals surface area contributed by atoms with Gasteiger partial charge in [-0.05, 0) is 49.2 Å². The van der Waals surface area contributed by atoms with E-state index in [2.05, 4.69) is 24.9 Å². The number of methoxy groups -OCH3 is 1. The highest BCUT2D eigenvalue weighted by atomic mass is 16.5. The SMILES string of the molecule is COc1cc(C)c(C)cc1-c1cn2cccc(O)c2n1. The maximum Gasteiger partial charge on any atom is 0.180 e. The quantitative estimate of drug-likeness (QED) is 0.775. The van der Waals surface area contributed by atoms with Crippen LogP contribution in [0.4, 0.5) is 0 Å². The van der Waals surface area contributed by atoms with Gasteiger partial charge in [-0.3, -0.25) is 0 Å². The Morgan fingerprint density at radius 2 is 1.95 bits per heavy atom. The van der Waals surface area contributed by atoms with Crippen LogP contribution in [0, 0.1) is 13.8 Å². The lowest BCUT2D eigenvalue weighted by Crippen LogP contribution is -1.91. The fraction of sp³-hybridized carbons (Fsp3) is 0.188.